The smallest absolute Gasteiger partial charge is 0.185 e. The van der Waals surface area contributed by atoms with E-state index in [-0.39, 0.29) is 0 Å². The SMILES string of the molecule is COc1ccc(C)cc1CC(C)(O)C(OC)OC. The predicted molar refractivity (Wildman–Crippen MR) is 69.9 cm³/mol. The van der Waals surface area contributed by atoms with Crippen LogP contribution in [0.25, 0.3) is 0 Å². The topological polar surface area (TPSA) is 47.9 Å². The summed E-state index contributed by atoms with van der Waals surface area (Å²) in [7, 11) is 4.64. The summed E-state index contributed by atoms with van der Waals surface area (Å²) in [6.07, 6.45) is -0.285. The molecule has 0 aliphatic heterocycles. The lowest BCUT2D eigenvalue weighted by atomic mass is 9.94. The molecule has 1 atom stereocenters. The van der Waals surface area contributed by atoms with Gasteiger partial charge in [-0.3, -0.25) is 0 Å². The number of hydrogen-bond donors (Lipinski definition) is 1. The van der Waals surface area contributed by atoms with E-state index < -0.39 is 11.9 Å². The number of benzene rings is 1. The van der Waals surface area contributed by atoms with E-state index in [1.54, 1.807) is 14.0 Å². The Kier molecular flexibility index (Phi) is 5.14. The minimum Gasteiger partial charge on any atom is -0.496 e. The zero-order chi connectivity index (χ0) is 13.8. The van der Waals surface area contributed by atoms with E-state index >= 15 is 0 Å². The summed E-state index contributed by atoms with van der Waals surface area (Å²) in [6.45, 7) is 3.69. The number of hydrogen-bond acceptors (Lipinski definition) is 4. The van der Waals surface area contributed by atoms with Crippen molar-refractivity contribution in [2.45, 2.75) is 32.2 Å². The normalized spacial score (nSPS) is 14.6. The van der Waals surface area contributed by atoms with Gasteiger partial charge in [-0.05, 0) is 25.5 Å². The molecule has 4 heteroatoms. The maximum absolute atomic E-state index is 10.4. The zero-order valence-electron chi connectivity index (χ0n) is 11.7. The first-order valence-corrected chi connectivity index (χ1v) is 5.86. The molecule has 18 heavy (non-hydrogen) atoms. The average molecular weight is 254 g/mol. The number of aryl methyl sites for hydroxylation is 1. The predicted octanol–water partition coefficient (Wildman–Crippen LogP) is 1.92. The van der Waals surface area contributed by atoms with Crippen LogP contribution in [0.2, 0.25) is 0 Å². The molecule has 0 spiro atoms. The number of methoxy groups -OCH3 is 3. The Bertz CT molecular complexity index is 383. The molecule has 1 aromatic rings. The molecule has 0 saturated heterocycles. The molecule has 0 aliphatic rings. The van der Waals surface area contributed by atoms with Gasteiger partial charge in [-0.15, -0.1) is 0 Å². The molecule has 0 radical (unpaired) electrons. The van der Waals surface area contributed by atoms with E-state index in [2.05, 4.69) is 0 Å². The van der Waals surface area contributed by atoms with Crippen molar-refractivity contribution < 1.29 is 19.3 Å². The van der Waals surface area contributed by atoms with Crippen LogP contribution in [0.3, 0.4) is 0 Å². The highest BCUT2D eigenvalue weighted by molar-refractivity contribution is 5.37. The minimum atomic E-state index is -1.12. The van der Waals surface area contributed by atoms with Crippen LogP contribution in [0.15, 0.2) is 18.2 Å². The fourth-order valence-electron chi connectivity index (χ4n) is 2.12. The molecule has 4 nitrogen and oxygen atoms in total. The average Bonchev–Trinajstić information content (AvgIpc) is 2.29. The Labute approximate surface area is 108 Å². The molecule has 0 aliphatic carbocycles. The molecule has 0 heterocycles. The highest BCUT2D eigenvalue weighted by Crippen LogP contribution is 2.27. The van der Waals surface area contributed by atoms with E-state index in [1.165, 1.54) is 14.2 Å². The van der Waals surface area contributed by atoms with Gasteiger partial charge in [-0.2, -0.15) is 0 Å². The summed E-state index contributed by atoms with van der Waals surface area (Å²) < 4.78 is 15.6. The number of ether oxygens (including phenoxy) is 3. The Morgan fingerprint density at radius 2 is 1.83 bits per heavy atom. The Balaban J connectivity index is 2.98. The maximum atomic E-state index is 10.4. The van der Waals surface area contributed by atoms with Crippen molar-refractivity contribution in [3.8, 4) is 5.75 Å². The van der Waals surface area contributed by atoms with Gasteiger partial charge >= 0.3 is 0 Å². The molecule has 0 bridgehead atoms. The summed E-state index contributed by atoms with van der Waals surface area (Å²) in [4.78, 5) is 0. The van der Waals surface area contributed by atoms with Crippen LogP contribution >= 0.6 is 0 Å². The van der Waals surface area contributed by atoms with Gasteiger partial charge in [0.1, 0.15) is 11.4 Å². The number of aliphatic hydroxyl groups is 1. The largest absolute Gasteiger partial charge is 0.496 e. The quantitative estimate of drug-likeness (QED) is 0.788. The first-order valence-electron chi connectivity index (χ1n) is 5.86. The van der Waals surface area contributed by atoms with Gasteiger partial charge in [0.05, 0.1) is 7.11 Å². The first-order chi connectivity index (χ1) is 8.44. The van der Waals surface area contributed by atoms with Gasteiger partial charge in [-0.25, -0.2) is 0 Å². The molecular formula is C14H22O4. The highest BCUT2D eigenvalue weighted by Gasteiger charge is 2.33. The van der Waals surface area contributed by atoms with Crippen molar-refractivity contribution in [2.75, 3.05) is 21.3 Å². The highest BCUT2D eigenvalue weighted by atomic mass is 16.7. The Morgan fingerprint density at radius 1 is 1.22 bits per heavy atom. The van der Waals surface area contributed by atoms with Crippen LogP contribution in [0.1, 0.15) is 18.1 Å². The standard InChI is InChI=1S/C14H22O4/c1-10-6-7-12(16-3)11(8-10)9-14(2,15)13(17-4)18-5/h6-8,13,15H,9H2,1-5H3. The van der Waals surface area contributed by atoms with Crippen LogP contribution < -0.4 is 4.74 Å². The molecule has 0 aromatic heterocycles. The fourth-order valence-corrected chi connectivity index (χ4v) is 2.12. The van der Waals surface area contributed by atoms with Crippen molar-refractivity contribution in [1.82, 2.24) is 0 Å². The molecule has 0 fully saturated rings. The molecule has 1 aromatic carbocycles. The third-order valence-corrected chi connectivity index (χ3v) is 2.92. The van der Waals surface area contributed by atoms with Crippen molar-refractivity contribution in [1.29, 1.82) is 0 Å². The van der Waals surface area contributed by atoms with Gasteiger partial charge in [0.2, 0.25) is 0 Å². The fraction of sp³-hybridized carbons (Fsp3) is 0.571. The van der Waals surface area contributed by atoms with Crippen molar-refractivity contribution in [2.24, 2.45) is 0 Å². The first kappa shape index (κ1) is 15.0. The van der Waals surface area contributed by atoms with Crippen LogP contribution in [0, 0.1) is 6.92 Å². The molecule has 1 rings (SSSR count). The second-order valence-electron chi connectivity index (χ2n) is 4.65. The molecule has 1 unspecified atom stereocenters. The summed E-state index contributed by atoms with van der Waals surface area (Å²) in [5, 5.41) is 10.4. The summed E-state index contributed by atoms with van der Waals surface area (Å²) >= 11 is 0. The van der Waals surface area contributed by atoms with Crippen LogP contribution in [-0.2, 0) is 15.9 Å². The Morgan fingerprint density at radius 3 is 2.33 bits per heavy atom. The minimum absolute atomic E-state index is 0.393. The summed E-state index contributed by atoms with van der Waals surface area (Å²) in [5.41, 5.74) is 0.930. The third kappa shape index (κ3) is 3.45. The van der Waals surface area contributed by atoms with E-state index in [0.717, 1.165) is 16.9 Å². The van der Waals surface area contributed by atoms with E-state index in [4.69, 9.17) is 14.2 Å². The van der Waals surface area contributed by atoms with Crippen molar-refractivity contribution in [3.63, 3.8) is 0 Å². The summed E-state index contributed by atoms with van der Waals surface area (Å²) in [5.74, 6) is 0.756. The van der Waals surface area contributed by atoms with Crippen molar-refractivity contribution in [3.05, 3.63) is 29.3 Å². The monoisotopic (exact) mass is 254 g/mol. The van der Waals surface area contributed by atoms with Crippen molar-refractivity contribution >= 4 is 0 Å². The van der Waals surface area contributed by atoms with Gasteiger partial charge in [0.25, 0.3) is 0 Å². The van der Waals surface area contributed by atoms with E-state index in [0.29, 0.717) is 6.42 Å². The van der Waals surface area contributed by atoms with Gasteiger partial charge in [0.15, 0.2) is 6.29 Å². The molecular weight excluding hydrogens is 232 g/mol. The third-order valence-electron chi connectivity index (χ3n) is 2.92. The molecule has 1 N–H and O–H groups in total. The second-order valence-corrected chi connectivity index (χ2v) is 4.65. The number of rotatable bonds is 6. The zero-order valence-corrected chi connectivity index (χ0v) is 11.7. The van der Waals surface area contributed by atoms with Crippen LogP contribution in [0.4, 0.5) is 0 Å². The van der Waals surface area contributed by atoms with Crippen LogP contribution in [-0.4, -0.2) is 38.3 Å². The van der Waals surface area contributed by atoms with Gasteiger partial charge in [0, 0.05) is 20.6 Å². The second kappa shape index (κ2) is 6.18. The lowest BCUT2D eigenvalue weighted by Gasteiger charge is -2.31. The van der Waals surface area contributed by atoms with Crippen LogP contribution in [0.5, 0.6) is 5.75 Å². The van der Waals surface area contributed by atoms with E-state index in [1.807, 2.05) is 25.1 Å². The lowest BCUT2D eigenvalue weighted by Crippen LogP contribution is -2.43. The molecule has 0 saturated carbocycles. The maximum Gasteiger partial charge on any atom is 0.185 e. The van der Waals surface area contributed by atoms with Gasteiger partial charge in [-0.1, -0.05) is 17.7 Å². The Hall–Kier alpha value is -1.10. The molecule has 0 amide bonds. The lowest BCUT2D eigenvalue weighted by molar-refractivity contribution is -0.207. The summed E-state index contributed by atoms with van der Waals surface area (Å²) in [6, 6.07) is 5.87. The van der Waals surface area contributed by atoms with E-state index in [9.17, 15) is 5.11 Å². The van der Waals surface area contributed by atoms with Gasteiger partial charge < -0.3 is 19.3 Å². The molecule has 102 valence electrons.